The van der Waals surface area contributed by atoms with Crippen molar-refractivity contribution in [3.63, 3.8) is 0 Å². The number of rotatable bonds is 2. The number of hydrogen-bond donors (Lipinski definition) is 2. The van der Waals surface area contributed by atoms with E-state index < -0.39 is 0 Å². The summed E-state index contributed by atoms with van der Waals surface area (Å²) in [6.45, 7) is 6.34. The summed E-state index contributed by atoms with van der Waals surface area (Å²) in [7, 11) is 0. The molecule has 0 saturated carbocycles. The minimum Gasteiger partial charge on any atom is -0.393 e. The lowest BCUT2D eigenvalue weighted by Gasteiger charge is -2.40. The Bertz CT molecular complexity index is 617. The summed E-state index contributed by atoms with van der Waals surface area (Å²) >= 11 is 0. The van der Waals surface area contributed by atoms with E-state index in [2.05, 4.69) is 74.6 Å². The van der Waals surface area contributed by atoms with Crippen LogP contribution in [-0.2, 0) is 0 Å². The zero-order valence-electron chi connectivity index (χ0n) is 13.6. The molecule has 0 bridgehead atoms. The molecule has 0 spiro atoms. The molecule has 0 amide bonds. The van der Waals surface area contributed by atoms with E-state index in [0.29, 0.717) is 0 Å². The van der Waals surface area contributed by atoms with Gasteiger partial charge in [0.25, 0.3) is 0 Å². The lowest BCUT2D eigenvalue weighted by molar-refractivity contribution is 0.0402. The first kappa shape index (κ1) is 15.3. The Morgan fingerprint density at radius 2 is 1.36 bits per heavy atom. The molecule has 0 radical (unpaired) electrons. The maximum absolute atomic E-state index is 10.5. The van der Waals surface area contributed by atoms with Crippen molar-refractivity contribution in [2.75, 3.05) is 0 Å². The molecule has 4 atom stereocenters. The summed E-state index contributed by atoms with van der Waals surface area (Å²) in [5, 5.41) is 14.3. The average molecular weight is 295 g/mol. The van der Waals surface area contributed by atoms with E-state index >= 15 is 0 Å². The fourth-order valence-corrected chi connectivity index (χ4v) is 3.32. The molecule has 0 unspecified atom stereocenters. The normalized spacial score (nSPS) is 28.5. The SMILES string of the molecule is Cc1ccc([C@@H]2C[C@H](O)[C@@H](C)[C@H](c3ccc(C)cc3)N2)cc1. The monoisotopic (exact) mass is 295 g/mol. The summed E-state index contributed by atoms with van der Waals surface area (Å²) in [6.07, 6.45) is 0.492. The summed E-state index contributed by atoms with van der Waals surface area (Å²) in [5.74, 6) is 0.212. The molecule has 2 aromatic rings. The molecule has 1 saturated heterocycles. The van der Waals surface area contributed by atoms with Crippen molar-refractivity contribution in [2.45, 2.75) is 45.4 Å². The van der Waals surface area contributed by atoms with Gasteiger partial charge < -0.3 is 10.4 Å². The molecule has 0 aliphatic carbocycles. The van der Waals surface area contributed by atoms with Gasteiger partial charge in [-0.15, -0.1) is 0 Å². The van der Waals surface area contributed by atoms with Crippen LogP contribution >= 0.6 is 0 Å². The van der Waals surface area contributed by atoms with E-state index in [9.17, 15) is 5.11 Å². The van der Waals surface area contributed by atoms with Crippen molar-refractivity contribution < 1.29 is 5.11 Å². The van der Waals surface area contributed by atoms with Gasteiger partial charge >= 0.3 is 0 Å². The van der Waals surface area contributed by atoms with Gasteiger partial charge in [-0.3, -0.25) is 0 Å². The van der Waals surface area contributed by atoms with Crippen LogP contribution in [-0.4, -0.2) is 11.2 Å². The number of aryl methyl sites for hydroxylation is 2. The summed E-state index contributed by atoms with van der Waals surface area (Å²) < 4.78 is 0. The van der Waals surface area contributed by atoms with Crippen LogP contribution in [0.25, 0.3) is 0 Å². The third-order valence-electron chi connectivity index (χ3n) is 4.91. The molecular formula is C20H25NO. The van der Waals surface area contributed by atoms with Crippen LogP contribution in [0, 0.1) is 19.8 Å². The average Bonchev–Trinajstić information content (AvgIpc) is 2.52. The summed E-state index contributed by atoms with van der Waals surface area (Å²) in [4.78, 5) is 0. The van der Waals surface area contributed by atoms with Gasteiger partial charge in [-0.1, -0.05) is 66.6 Å². The lowest BCUT2D eigenvalue weighted by atomic mass is 9.81. The molecule has 2 N–H and O–H groups in total. The van der Waals surface area contributed by atoms with E-state index in [4.69, 9.17) is 0 Å². The van der Waals surface area contributed by atoms with Gasteiger partial charge in [0.05, 0.1) is 6.10 Å². The lowest BCUT2D eigenvalue weighted by Crippen LogP contribution is -2.43. The van der Waals surface area contributed by atoms with Crippen molar-refractivity contribution in [1.29, 1.82) is 0 Å². The second kappa shape index (κ2) is 6.23. The van der Waals surface area contributed by atoms with Crippen molar-refractivity contribution in [2.24, 2.45) is 5.92 Å². The van der Waals surface area contributed by atoms with E-state index in [1.54, 1.807) is 0 Å². The van der Waals surface area contributed by atoms with Crippen molar-refractivity contribution in [1.82, 2.24) is 5.32 Å². The van der Waals surface area contributed by atoms with E-state index in [1.807, 2.05) is 0 Å². The molecule has 116 valence electrons. The Labute approximate surface area is 133 Å². The summed E-state index contributed by atoms with van der Waals surface area (Å²) in [5.41, 5.74) is 5.05. The highest BCUT2D eigenvalue weighted by atomic mass is 16.3. The van der Waals surface area contributed by atoms with Crippen molar-refractivity contribution in [3.8, 4) is 0 Å². The van der Waals surface area contributed by atoms with E-state index in [1.165, 1.54) is 22.3 Å². The zero-order valence-corrected chi connectivity index (χ0v) is 13.6. The third kappa shape index (κ3) is 3.08. The maximum atomic E-state index is 10.5. The smallest absolute Gasteiger partial charge is 0.0602 e. The number of aliphatic hydroxyl groups excluding tert-OH is 1. The molecule has 2 aromatic carbocycles. The predicted octanol–water partition coefficient (Wildman–Crippen LogP) is 4.08. The number of nitrogens with one attached hydrogen (secondary N) is 1. The van der Waals surface area contributed by atoms with Crippen LogP contribution < -0.4 is 5.32 Å². The van der Waals surface area contributed by atoms with Crippen molar-refractivity contribution >= 4 is 0 Å². The topological polar surface area (TPSA) is 32.3 Å². The first-order valence-corrected chi connectivity index (χ1v) is 8.12. The minimum atomic E-state index is -0.279. The Kier molecular flexibility index (Phi) is 4.32. The molecule has 2 heteroatoms. The van der Waals surface area contributed by atoms with Gasteiger partial charge in [0, 0.05) is 18.0 Å². The number of piperidine rings is 1. The first-order chi connectivity index (χ1) is 10.5. The van der Waals surface area contributed by atoms with Crippen LogP contribution in [0.4, 0.5) is 0 Å². The van der Waals surface area contributed by atoms with Gasteiger partial charge in [-0.25, -0.2) is 0 Å². The van der Waals surface area contributed by atoms with E-state index in [-0.39, 0.29) is 24.1 Å². The number of aliphatic hydroxyl groups is 1. The van der Waals surface area contributed by atoms with Crippen LogP contribution in [0.5, 0.6) is 0 Å². The Morgan fingerprint density at radius 3 is 1.91 bits per heavy atom. The highest BCUT2D eigenvalue weighted by Crippen LogP contribution is 2.37. The first-order valence-electron chi connectivity index (χ1n) is 8.12. The predicted molar refractivity (Wildman–Crippen MR) is 90.8 cm³/mol. The second-order valence-electron chi connectivity index (χ2n) is 6.68. The molecule has 3 rings (SSSR count). The molecule has 2 nitrogen and oxygen atoms in total. The van der Waals surface area contributed by atoms with Crippen LogP contribution in [0.15, 0.2) is 48.5 Å². The third-order valence-corrected chi connectivity index (χ3v) is 4.91. The molecule has 22 heavy (non-hydrogen) atoms. The van der Waals surface area contributed by atoms with Gasteiger partial charge in [0.15, 0.2) is 0 Å². The van der Waals surface area contributed by atoms with Crippen LogP contribution in [0.2, 0.25) is 0 Å². The molecular weight excluding hydrogens is 270 g/mol. The van der Waals surface area contributed by atoms with Gasteiger partial charge in [0.2, 0.25) is 0 Å². The van der Waals surface area contributed by atoms with Gasteiger partial charge in [0.1, 0.15) is 0 Å². The standard InChI is InChI=1S/C20H25NO/c1-13-4-8-16(9-5-13)18-12-19(22)15(3)20(21-18)17-10-6-14(2)7-11-17/h4-11,15,18-22H,12H2,1-3H3/t15-,18+,19+,20-/m1/s1. The highest BCUT2D eigenvalue weighted by Gasteiger charge is 2.34. The largest absolute Gasteiger partial charge is 0.393 e. The molecule has 1 heterocycles. The van der Waals surface area contributed by atoms with Gasteiger partial charge in [-0.05, 0) is 31.4 Å². The second-order valence-corrected chi connectivity index (χ2v) is 6.68. The fraction of sp³-hybridized carbons (Fsp3) is 0.400. The number of hydrogen-bond acceptors (Lipinski definition) is 2. The molecule has 1 fully saturated rings. The molecule has 0 aromatic heterocycles. The summed E-state index contributed by atoms with van der Waals surface area (Å²) in [6, 6.07) is 17.7. The Morgan fingerprint density at radius 1 is 0.864 bits per heavy atom. The molecule has 1 aliphatic heterocycles. The number of benzene rings is 2. The van der Waals surface area contributed by atoms with Crippen LogP contribution in [0.1, 0.15) is 47.7 Å². The van der Waals surface area contributed by atoms with E-state index in [0.717, 1.165) is 6.42 Å². The Hall–Kier alpha value is -1.64. The van der Waals surface area contributed by atoms with Crippen LogP contribution in [0.3, 0.4) is 0 Å². The zero-order chi connectivity index (χ0) is 15.7. The fourth-order valence-electron chi connectivity index (χ4n) is 3.32. The maximum Gasteiger partial charge on any atom is 0.0602 e. The van der Waals surface area contributed by atoms with Gasteiger partial charge in [-0.2, -0.15) is 0 Å². The highest BCUT2D eigenvalue weighted by molar-refractivity contribution is 5.29. The van der Waals surface area contributed by atoms with Crippen molar-refractivity contribution in [3.05, 3.63) is 70.8 Å². The minimum absolute atomic E-state index is 0.190. The Balaban J connectivity index is 1.86. The quantitative estimate of drug-likeness (QED) is 0.875. The molecule has 1 aliphatic rings.